The molecule has 1 aliphatic rings. The number of non-ortho nitro benzene ring substituents is 1. The topological polar surface area (TPSA) is 136 Å². The van der Waals surface area contributed by atoms with Gasteiger partial charge < -0.3 is 10.1 Å². The fourth-order valence-corrected chi connectivity index (χ4v) is 4.82. The third kappa shape index (κ3) is 5.48. The highest BCUT2D eigenvalue weighted by molar-refractivity contribution is 7.89. The van der Waals surface area contributed by atoms with Gasteiger partial charge in [-0.1, -0.05) is 18.6 Å². The van der Waals surface area contributed by atoms with Crippen molar-refractivity contribution < 1.29 is 27.7 Å². The average Bonchev–Trinajstić information content (AvgIpc) is 2.79. The monoisotopic (exact) mass is 461 g/mol. The zero-order valence-corrected chi connectivity index (χ0v) is 18.2. The highest BCUT2D eigenvalue weighted by atomic mass is 32.2. The lowest BCUT2D eigenvalue weighted by Gasteiger charge is -2.26. The molecule has 0 saturated carbocycles. The fraction of sp³-hybridized carbons (Fsp3) is 0.333. The zero-order chi connectivity index (χ0) is 23.3. The van der Waals surface area contributed by atoms with Crippen LogP contribution in [0.2, 0.25) is 0 Å². The summed E-state index contributed by atoms with van der Waals surface area (Å²) in [5.41, 5.74) is -0.0148. The lowest BCUT2D eigenvalue weighted by Crippen LogP contribution is -2.35. The number of piperidine rings is 1. The highest BCUT2D eigenvalue weighted by Gasteiger charge is 2.27. The van der Waals surface area contributed by atoms with E-state index in [4.69, 9.17) is 4.74 Å². The van der Waals surface area contributed by atoms with Gasteiger partial charge in [0.2, 0.25) is 10.0 Å². The summed E-state index contributed by atoms with van der Waals surface area (Å²) in [6.07, 6.45) is 1.34. The van der Waals surface area contributed by atoms with Gasteiger partial charge in [0.25, 0.3) is 11.6 Å². The van der Waals surface area contributed by atoms with Crippen LogP contribution in [0.1, 0.15) is 36.5 Å². The molecule has 170 valence electrons. The molecule has 0 bridgehead atoms. The second-order valence-electron chi connectivity index (χ2n) is 7.34. The van der Waals surface area contributed by atoms with E-state index in [0.29, 0.717) is 13.1 Å². The van der Waals surface area contributed by atoms with Crippen LogP contribution in [0.3, 0.4) is 0 Å². The molecule has 0 aromatic heterocycles. The van der Waals surface area contributed by atoms with E-state index in [1.807, 2.05) is 0 Å². The summed E-state index contributed by atoms with van der Waals surface area (Å²) in [7, 11) is -3.72. The number of hydrogen-bond acceptors (Lipinski definition) is 7. The van der Waals surface area contributed by atoms with Gasteiger partial charge in [0.05, 0.1) is 15.4 Å². The number of nitro benzene ring substituents is 1. The Labute approximate surface area is 185 Å². The first-order valence-electron chi connectivity index (χ1n) is 10.0. The van der Waals surface area contributed by atoms with E-state index in [-0.39, 0.29) is 21.8 Å². The summed E-state index contributed by atoms with van der Waals surface area (Å²) >= 11 is 0. The van der Waals surface area contributed by atoms with Crippen molar-refractivity contribution in [3.05, 3.63) is 64.2 Å². The van der Waals surface area contributed by atoms with Gasteiger partial charge in [-0.3, -0.25) is 14.9 Å². The minimum absolute atomic E-state index is 0.00177. The molecule has 0 unspecified atom stereocenters. The van der Waals surface area contributed by atoms with E-state index < -0.39 is 32.9 Å². The average molecular weight is 461 g/mol. The molecule has 1 fully saturated rings. The van der Waals surface area contributed by atoms with Gasteiger partial charge >= 0.3 is 5.97 Å². The van der Waals surface area contributed by atoms with Crippen molar-refractivity contribution in [3.63, 3.8) is 0 Å². The number of nitrogens with zero attached hydrogens (tertiary/aromatic N) is 2. The number of carbonyl (C=O) groups excluding carboxylic acids is 2. The van der Waals surface area contributed by atoms with Gasteiger partial charge in [-0.2, -0.15) is 4.31 Å². The van der Waals surface area contributed by atoms with Crippen molar-refractivity contribution >= 4 is 33.3 Å². The second kappa shape index (κ2) is 9.88. The van der Waals surface area contributed by atoms with Gasteiger partial charge in [0.15, 0.2) is 6.10 Å². The molecule has 1 amide bonds. The molecule has 2 aromatic rings. The largest absolute Gasteiger partial charge is 0.449 e. The van der Waals surface area contributed by atoms with Crippen LogP contribution in [0, 0.1) is 10.1 Å². The molecule has 10 nitrogen and oxygen atoms in total. The van der Waals surface area contributed by atoms with Crippen molar-refractivity contribution in [2.24, 2.45) is 0 Å². The van der Waals surface area contributed by atoms with Crippen LogP contribution in [0.15, 0.2) is 53.4 Å². The molecule has 11 heteroatoms. The van der Waals surface area contributed by atoms with Crippen LogP contribution in [-0.2, 0) is 19.6 Å². The summed E-state index contributed by atoms with van der Waals surface area (Å²) < 4.78 is 32.2. The van der Waals surface area contributed by atoms with Gasteiger partial charge in [0, 0.05) is 30.9 Å². The van der Waals surface area contributed by atoms with Gasteiger partial charge in [-0.15, -0.1) is 0 Å². The third-order valence-corrected chi connectivity index (χ3v) is 6.89. The lowest BCUT2D eigenvalue weighted by atomic mass is 10.2. The number of nitrogens with one attached hydrogen (secondary N) is 1. The first-order valence-corrected chi connectivity index (χ1v) is 11.5. The maximum absolute atomic E-state index is 12.8. The predicted octanol–water partition coefficient (Wildman–Crippen LogP) is 2.95. The van der Waals surface area contributed by atoms with E-state index in [9.17, 15) is 28.1 Å². The number of nitro groups is 1. The first-order chi connectivity index (χ1) is 15.2. The molecule has 1 heterocycles. The fourth-order valence-electron chi connectivity index (χ4n) is 3.26. The number of hydrogen-bond donors (Lipinski definition) is 1. The Morgan fingerprint density at radius 3 is 2.47 bits per heavy atom. The third-order valence-electron chi connectivity index (χ3n) is 5.00. The van der Waals surface area contributed by atoms with Gasteiger partial charge in [-0.05, 0) is 44.0 Å². The number of esters is 1. The zero-order valence-electron chi connectivity index (χ0n) is 17.4. The molecule has 1 N–H and O–H groups in total. The number of sulfonamides is 1. The summed E-state index contributed by atoms with van der Waals surface area (Å²) in [4.78, 5) is 35.1. The molecule has 1 atom stereocenters. The SMILES string of the molecule is C[C@H](OC(=O)c1cccc(S(=O)(=O)N2CCCCC2)c1)C(=O)Nc1cccc([N+](=O)[O-])c1. The number of rotatable bonds is 7. The van der Waals surface area contributed by atoms with Crippen molar-refractivity contribution in [1.29, 1.82) is 0 Å². The smallest absolute Gasteiger partial charge is 0.338 e. The van der Waals surface area contributed by atoms with E-state index in [1.165, 1.54) is 59.8 Å². The summed E-state index contributed by atoms with van der Waals surface area (Å²) in [5, 5.41) is 13.3. The predicted molar refractivity (Wildman–Crippen MR) is 116 cm³/mol. The number of benzene rings is 2. The van der Waals surface area contributed by atoms with Crippen molar-refractivity contribution in [1.82, 2.24) is 4.31 Å². The Kier molecular flexibility index (Phi) is 7.21. The highest BCUT2D eigenvalue weighted by Crippen LogP contribution is 2.22. The van der Waals surface area contributed by atoms with Crippen LogP contribution in [0.5, 0.6) is 0 Å². The van der Waals surface area contributed by atoms with Crippen LogP contribution >= 0.6 is 0 Å². The first kappa shape index (κ1) is 23.4. The van der Waals surface area contributed by atoms with E-state index in [0.717, 1.165) is 19.3 Å². The maximum atomic E-state index is 12.8. The lowest BCUT2D eigenvalue weighted by molar-refractivity contribution is -0.384. The minimum atomic E-state index is -3.72. The van der Waals surface area contributed by atoms with Crippen molar-refractivity contribution in [3.8, 4) is 0 Å². The van der Waals surface area contributed by atoms with E-state index in [2.05, 4.69) is 5.32 Å². The standard InChI is InChI=1S/C21H23N3O7S/c1-15(20(25)22-17-8-6-9-18(14-17)24(27)28)31-21(26)16-7-5-10-19(13-16)32(29,30)23-11-3-2-4-12-23/h5-10,13-15H,2-4,11-12H2,1H3,(H,22,25)/t15-/m0/s1. The van der Waals surface area contributed by atoms with E-state index >= 15 is 0 Å². The molecule has 0 aliphatic carbocycles. The molecule has 1 saturated heterocycles. The van der Waals surface area contributed by atoms with Crippen LogP contribution in [-0.4, -0.2) is 48.7 Å². The number of amides is 1. The number of carbonyl (C=O) groups is 2. The summed E-state index contributed by atoms with van der Waals surface area (Å²) in [5.74, 6) is -1.54. The molecule has 1 aliphatic heterocycles. The maximum Gasteiger partial charge on any atom is 0.338 e. The Bertz CT molecular complexity index is 1130. The summed E-state index contributed by atoms with van der Waals surface area (Å²) in [6, 6.07) is 10.8. The van der Waals surface area contributed by atoms with Crippen LogP contribution in [0.25, 0.3) is 0 Å². The van der Waals surface area contributed by atoms with Crippen molar-refractivity contribution in [2.45, 2.75) is 37.2 Å². The van der Waals surface area contributed by atoms with Gasteiger partial charge in [0.1, 0.15) is 0 Å². The molecule has 2 aromatic carbocycles. The van der Waals surface area contributed by atoms with Gasteiger partial charge in [-0.25, -0.2) is 13.2 Å². The van der Waals surface area contributed by atoms with Crippen LogP contribution < -0.4 is 5.32 Å². The van der Waals surface area contributed by atoms with Crippen LogP contribution in [0.4, 0.5) is 11.4 Å². The molecule has 0 spiro atoms. The number of anilines is 1. The Hall–Kier alpha value is -3.31. The Morgan fingerprint density at radius 2 is 1.78 bits per heavy atom. The molecule has 3 rings (SSSR count). The minimum Gasteiger partial charge on any atom is -0.449 e. The molecular weight excluding hydrogens is 438 g/mol. The second-order valence-corrected chi connectivity index (χ2v) is 9.27. The molecular formula is C21H23N3O7S. The summed E-state index contributed by atoms with van der Waals surface area (Å²) in [6.45, 7) is 2.22. The van der Waals surface area contributed by atoms with Crippen molar-refractivity contribution in [2.75, 3.05) is 18.4 Å². The molecule has 32 heavy (non-hydrogen) atoms. The molecule has 0 radical (unpaired) electrons. The Balaban J connectivity index is 1.67. The Morgan fingerprint density at radius 1 is 1.09 bits per heavy atom. The number of ether oxygens (including phenoxy) is 1. The quantitative estimate of drug-likeness (QED) is 0.380. The van der Waals surface area contributed by atoms with E-state index in [1.54, 1.807) is 0 Å². The normalized spacial score (nSPS) is 15.5.